The third kappa shape index (κ3) is 4.12. The molecule has 2 N–H and O–H groups in total. The highest BCUT2D eigenvalue weighted by Gasteiger charge is 2.20. The first kappa shape index (κ1) is 21.0. The highest BCUT2D eigenvalue weighted by molar-refractivity contribution is 7.23. The number of hydrogen-bond acceptors (Lipinski definition) is 8. The highest BCUT2D eigenvalue weighted by atomic mass is 32.1. The van der Waals surface area contributed by atoms with Gasteiger partial charge < -0.3 is 9.84 Å². The van der Waals surface area contributed by atoms with Gasteiger partial charge in [-0.2, -0.15) is 10.4 Å². The quantitative estimate of drug-likeness (QED) is 0.312. The molecule has 0 spiro atoms. The topological polar surface area (TPSA) is 120 Å². The van der Waals surface area contributed by atoms with Crippen molar-refractivity contribution in [2.75, 3.05) is 12.0 Å². The molecular weight excluding hydrogens is 426 g/mol. The third-order valence-electron chi connectivity index (χ3n) is 4.56. The van der Waals surface area contributed by atoms with E-state index >= 15 is 0 Å². The number of aromatic nitrogens is 2. The number of benzene rings is 2. The molecule has 0 saturated heterocycles. The number of nitrogens with zero attached hydrogens (tertiary/aromatic N) is 4. The summed E-state index contributed by atoms with van der Waals surface area (Å²) in [7, 11) is 0. The summed E-state index contributed by atoms with van der Waals surface area (Å²) in [6.07, 6.45) is 2.94. The fourth-order valence-corrected chi connectivity index (χ4v) is 4.27. The smallest absolute Gasteiger partial charge is 0.335 e. The third-order valence-corrected chi connectivity index (χ3v) is 5.78. The van der Waals surface area contributed by atoms with Crippen molar-refractivity contribution in [3.63, 3.8) is 0 Å². The number of rotatable bonds is 7. The van der Waals surface area contributed by atoms with E-state index < -0.39 is 5.97 Å². The second-order valence-corrected chi connectivity index (χ2v) is 7.56. The van der Waals surface area contributed by atoms with Crippen LogP contribution >= 0.6 is 11.3 Å². The van der Waals surface area contributed by atoms with Gasteiger partial charge in [-0.3, -0.25) is 5.43 Å². The van der Waals surface area contributed by atoms with Crippen LogP contribution in [0.1, 0.15) is 28.4 Å². The van der Waals surface area contributed by atoms with Crippen molar-refractivity contribution in [2.45, 2.75) is 6.92 Å². The average Bonchev–Trinajstić information content (AvgIpc) is 3.19. The molecule has 8 nitrogen and oxygen atoms in total. The van der Waals surface area contributed by atoms with E-state index in [1.54, 1.807) is 18.3 Å². The van der Waals surface area contributed by atoms with E-state index in [-0.39, 0.29) is 5.56 Å². The van der Waals surface area contributed by atoms with Gasteiger partial charge in [0.05, 0.1) is 33.5 Å². The van der Waals surface area contributed by atoms with Gasteiger partial charge in [0.2, 0.25) is 0 Å². The maximum atomic E-state index is 11.0. The summed E-state index contributed by atoms with van der Waals surface area (Å²) >= 11 is 1.39. The summed E-state index contributed by atoms with van der Waals surface area (Å²) in [5, 5.41) is 23.0. The lowest BCUT2D eigenvalue weighted by atomic mass is 10.1. The molecule has 0 saturated carbocycles. The van der Waals surface area contributed by atoms with Crippen LogP contribution in [0.3, 0.4) is 0 Å². The van der Waals surface area contributed by atoms with Gasteiger partial charge in [-0.1, -0.05) is 24.3 Å². The van der Waals surface area contributed by atoms with Crippen molar-refractivity contribution in [3.05, 3.63) is 71.5 Å². The van der Waals surface area contributed by atoms with Crippen molar-refractivity contribution >= 4 is 39.6 Å². The fourth-order valence-electron chi connectivity index (χ4n) is 3.10. The minimum atomic E-state index is -0.984. The Bertz CT molecular complexity index is 1360. The Morgan fingerprint density at radius 3 is 2.75 bits per heavy atom. The number of nitrogens with one attached hydrogen (secondary N) is 1. The van der Waals surface area contributed by atoms with E-state index in [0.717, 1.165) is 16.0 Å². The predicted octanol–water partition coefficient (Wildman–Crippen LogP) is 4.77. The Balaban J connectivity index is 1.69. The van der Waals surface area contributed by atoms with Gasteiger partial charge in [-0.15, -0.1) is 11.3 Å². The SMILES string of the molecule is CCOc1ccccc1-c1sc2c(NN=Cc3ccc(C(=O)O)cc3)ncnc2c1C#N. The molecule has 2 aromatic carbocycles. The Labute approximate surface area is 187 Å². The number of carbonyl (C=O) groups is 1. The number of nitriles is 1. The van der Waals surface area contributed by atoms with Crippen LogP contribution in [-0.4, -0.2) is 33.9 Å². The van der Waals surface area contributed by atoms with Crippen LogP contribution in [0.4, 0.5) is 5.82 Å². The lowest BCUT2D eigenvalue weighted by Crippen LogP contribution is -1.97. The van der Waals surface area contributed by atoms with Crippen LogP contribution in [0.25, 0.3) is 20.7 Å². The molecule has 0 fully saturated rings. The summed E-state index contributed by atoms with van der Waals surface area (Å²) in [6.45, 7) is 2.42. The molecule has 0 unspecified atom stereocenters. The number of anilines is 1. The van der Waals surface area contributed by atoms with Gasteiger partial charge in [0.25, 0.3) is 0 Å². The monoisotopic (exact) mass is 443 g/mol. The molecular formula is C23H17N5O3S. The number of hydrogen-bond donors (Lipinski definition) is 2. The second kappa shape index (κ2) is 9.24. The number of para-hydroxylation sites is 1. The molecule has 0 bridgehead atoms. The van der Waals surface area contributed by atoms with Crippen molar-refractivity contribution in [3.8, 4) is 22.3 Å². The number of hydrazone groups is 1. The van der Waals surface area contributed by atoms with Gasteiger partial charge in [0, 0.05) is 5.56 Å². The van der Waals surface area contributed by atoms with E-state index in [1.807, 2.05) is 31.2 Å². The molecule has 9 heteroatoms. The number of thiophene rings is 1. The maximum Gasteiger partial charge on any atom is 0.335 e. The predicted molar refractivity (Wildman–Crippen MR) is 123 cm³/mol. The Hall–Kier alpha value is -4.29. The maximum absolute atomic E-state index is 11.0. The average molecular weight is 443 g/mol. The van der Waals surface area contributed by atoms with E-state index in [4.69, 9.17) is 9.84 Å². The molecule has 2 heterocycles. The van der Waals surface area contributed by atoms with Gasteiger partial charge >= 0.3 is 5.97 Å². The molecule has 0 amide bonds. The Morgan fingerprint density at radius 1 is 1.25 bits per heavy atom. The molecule has 0 radical (unpaired) electrons. The Morgan fingerprint density at radius 2 is 2.03 bits per heavy atom. The first-order valence-electron chi connectivity index (χ1n) is 9.64. The van der Waals surface area contributed by atoms with Crippen molar-refractivity contribution in [1.82, 2.24) is 9.97 Å². The molecule has 0 aliphatic heterocycles. The van der Waals surface area contributed by atoms with Crippen LogP contribution in [0.15, 0.2) is 60.0 Å². The number of fused-ring (bicyclic) bond motifs is 1. The van der Waals surface area contributed by atoms with Gasteiger partial charge in [0.1, 0.15) is 23.7 Å². The first-order valence-corrected chi connectivity index (χ1v) is 10.5. The number of aromatic carboxylic acids is 1. The van der Waals surface area contributed by atoms with Crippen LogP contribution in [0, 0.1) is 11.3 Å². The van der Waals surface area contributed by atoms with E-state index in [1.165, 1.54) is 29.8 Å². The molecule has 0 aliphatic rings. The van der Waals surface area contributed by atoms with E-state index in [9.17, 15) is 10.1 Å². The van der Waals surface area contributed by atoms with Crippen LogP contribution in [0.5, 0.6) is 5.75 Å². The Kier molecular flexibility index (Phi) is 6.05. The second-order valence-electron chi connectivity index (χ2n) is 6.54. The van der Waals surface area contributed by atoms with Gasteiger partial charge in [0.15, 0.2) is 5.82 Å². The van der Waals surface area contributed by atoms with Gasteiger partial charge in [-0.05, 0) is 36.8 Å². The summed E-state index contributed by atoms with van der Waals surface area (Å²) < 4.78 is 6.44. The normalized spacial score (nSPS) is 10.9. The van der Waals surface area contributed by atoms with Crippen molar-refractivity contribution in [2.24, 2.45) is 5.10 Å². The lowest BCUT2D eigenvalue weighted by molar-refractivity contribution is 0.0697. The lowest BCUT2D eigenvalue weighted by Gasteiger charge is -2.08. The fraction of sp³-hybridized carbons (Fsp3) is 0.0870. The molecule has 4 aromatic rings. The number of carboxylic acids is 1. The molecule has 2 aromatic heterocycles. The summed E-state index contributed by atoms with van der Waals surface area (Å²) in [6, 6.07) is 16.2. The number of carboxylic acid groups (broad SMARTS) is 1. The standard InChI is InChI=1S/C23H17N5O3S/c1-2-31-18-6-4-3-5-16(18)20-17(11-24)19-21(32-20)22(26-13-25-19)28-27-12-14-7-9-15(10-8-14)23(29)30/h3-10,12-13H,2H2,1H3,(H,29,30)(H,25,26,28). The van der Waals surface area contributed by atoms with E-state index in [0.29, 0.717) is 34.0 Å². The molecule has 0 atom stereocenters. The first-order chi connectivity index (χ1) is 15.6. The minimum Gasteiger partial charge on any atom is -0.493 e. The zero-order chi connectivity index (χ0) is 22.5. The van der Waals surface area contributed by atoms with Crippen LogP contribution in [-0.2, 0) is 0 Å². The zero-order valence-corrected chi connectivity index (χ0v) is 17.8. The van der Waals surface area contributed by atoms with Crippen molar-refractivity contribution < 1.29 is 14.6 Å². The van der Waals surface area contributed by atoms with Crippen LogP contribution < -0.4 is 10.2 Å². The minimum absolute atomic E-state index is 0.204. The largest absolute Gasteiger partial charge is 0.493 e. The molecule has 0 aliphatic carbocycles. The van der Waals surface area contributed by atoms with Crippen molar-refractivity contribution in [1.29, 1.82) is 5.26 Å². The summed E-state index contributed by atoms with van der Waals surface area (Å²) in [4.78, 5) is 20.3. The van der Waals surface area contributed by atoms with Gasteiger partial charge in [-0.25, -0.2) is 14.8 Å². The summed E-state index contributed by atoms with van der Waals surface area (Å²) in [5.41, 5.74) is 5.64. The highest BCUT2D eigenvalue weighted by Crippen LogP contribution is 2.43. The summed E-state index contributed by atoms with van der Waals surface area (Å²) in [5.74, 6) is 0.182. The molecule has 4 rings (SSSR count). The number of ether oxygens (including phenoxy) is 1. The molecule has 32 heavy (non-hydrogen) atoms. The van der Waals surface area contributed by atoms with E-state index in [2.05, 4.69) is 26.6 Å². The zero-order valence-electron chi connectivity index (χ0n) is 16.9. The van der Waals surface area contributed by atoms with Crippen LogP contribution in [0.2, 0.25) is 0 Å². The molecule has 158 valence electrons.